The van der Waals surface area contributed by atoms with Gasteiger partial charge >= 0.3 is 5.97 Å². The third-order valence-electron chi connectivity index (χ3n) is 7.86. The zero-order chi connectivity index (χ0) is 23.8. The van der Waals surface area contributed by atoms with Gasteiger partial charge in [-0.25, -0.2) is 13.6 Å². The molecule has 3 unspecified atom stereocenters. The summed E-state index contributed by atoms with van der Waals surface area (Å²) < 4.78 is 36.8. The van der Waals surface area contributed by atoms with Crippen LogP contribution in [0.25, 0.3) is 0 Å². The maximum atomic E-state index is 15.3. The van der Waals surface area contributed by atoms with E-state index in [4.69, 9.17) is 4.74 Å². The van der Waals surface area contributed by atoms with Gasteiger partial charge in [0.2, 0.25) is 0 Å². The predicted molar refractivity (Wildman–Crippen MR) is 122 cm³/mol. The van der Waals surface area contributed by atoms with Gasteiger partial charge in [-0.3, -0.25) is 0 Å². The van der Waals surface area contributed by atoms with E-state index in [2.05, 4.69) is 25.7 Å². The van der Waals surface area contributed by atoms with E-state index in [9.17, 15) is 9.18 Å². The average Bonchev–Trinajstić information content (AvgIpc) is 2.83. The van der Waals surface area contributed by atoms with Crippen LogP contribution in [-0.4, -0.2) is 23.5 Å². The molecule has 174 valence electrons. The van der Waals surface area contributed by atoms with E-state index in [-0.39, 0.29) is 6.04 Å². The lowest BCUT2D eigenvalue weighted by atomic mass is 9.56. The molecule has 2 aliphatic heterocycles. The van der Waals surface area contributed by atoms with Crippen molar-refractivity contribution in [3.8, 4) is 0 Å². The number of nitrogens with zero attached hydrogens (tertiary/aromatic N) is 2. The molecule has 1 aromatic heterocycles. The standard InChI is InChI=1S/C27H31F2N2O2/c1-5-26(3)27(6-2,13-16-30-14-9-7-12-23(30)25(32)33-4)20-17-19(28)18-21(29)24(20)22-11-8-10-15-31(22)26/h7-12,14-15,17-18,22H,5-6,13,16H2,1-4H3/q+1. The number of carbonyl (C=O) groups excluding carboxylic acids is 1. The molecule has 33 heavy (non-hydrogen) atoms. The molecule has 0 amide bonds. The lowest BCUT2D eigenvalue weighted by molar-refractivity contribution is -0.701. The molecule has 4 rings (SSSR count). The molecular weight excluding hydrogens is 422 g/mol. The first-order valence-electron chi connectivity index (χ1n) is 11.5. The van der Waals surface area contributed by atoms with Crippen LogP contribution in [0.3, 0.4) is 0 Å². The van der Waals surface area contributed by atoms with Gasteiger partial charge in [-0.2, -0.15) is 4.57 Å². The number of halogens is 2. The summed E-state index contributed by atoms with van der Waals surface area (Å²) in [5.74, 6) is -1.49. The average molecular weight is 454 g/mol. The van der Waals surface area contributed by atoms with Gasteiger partial charge in [-0.1, -0.05) is 26.0 Å². The molecule has 1 aromatic carbocycles. The van der Waals surface area contributed by atoms with E-state index in [1.807, 2.05) is 41.3 Å². The van der Waals surface area contributed by atoms with Gasteiger partial charge < -0.3 is 9.64 Å². The Balaban J connectivity index is 1.90. The molecule has 3 atom stereocenters. The summed E-state index contributed by atoms with van der Waals surface area (Å²) >= 11 is 0. The van der Waals surface area contributed by atoms with E-state index in [1.165, 1.54) is 13.2 Å². The first-order valence-corrected chi connectivity index (χ1v) is 11.5. The van der Waals surface area contributed by atoms with Gasteiger partial charge in [0.1, 0.15) is 18.2 Å². The number of aromatic nitrogens is 1. The number of esters is 1. The highest BCUT2D eigenvalue weighted by Crippen LogP contribution is 2.56. The smallest absolute Gasteiger partial charge is 0.403 e. The number of benzene rings is 1. The Bertz CT molecular complexity index is 1130. The second-order valence-corrected chi connectivity index (χ2v) is 9.01. The van der Waals surface area contributed by atoms with Crippen molar-refractivity contribution in [2.45, 2.75) is 63.6 Å². The van der Waals surface area contributed by atoms with Crippen LogP contribution < -0.4 is 4.57 Å². The van der Waals surface area contributed by atoms with Crippen molar-refractivity contribution < 1.29 is 22.9 Å². The summed E-state index contributed by atoms with van der Waals surface area (Å²) in [5.41, 5.74) is 0.758. The van der Waals surface area contributed by atoms with Gasteiger partial charge in [0.05, 0.1) is 13.2 Å². The Kier molecular flexibility index (Phi) is 6.12. The normalized spacial score (nSPS) is 25.5. The largest absolute Gasteiger partial charge is 0.461 e. The molecule has 0 fully saturated rings. The number of allylic oxidation sites excluding steroid dienone is 2. The molecule has 0 saturated heterocycles. The number of fused-ring (bicyclic) bond motifs is 3. The molecule has 0 bridgehead atoms. The van der Waals surface area contributed by atoms with Crippen LogP contribution in [0.4, 0.5) is 8.78 Å². The predicted octanol–water partition coefficient (Wildman–Crippen LogP) is 5.39. The second-order valence-electron chi connectivity index (χ2n) is 9.01. The van der Waals surface area contributed by atoms with Gasteiger partial charge in [-0.05, 0) is 43.5 Å². The third-order valence-corrected chi connectivity index (χ3v) is 7.86. The highest BCUT2D eigenvalue weighted by Gasteiger charge is 2.57. The van der Waals surface area contributed by atoms with Crippen LogP contribution in [0.5, 0.6) is 0 Å². The van der Waals surface area contributed by atoms with Crippen molar-refractivity contribution >= 4 is 5.97 Å². The van der Waals surface area contributed by atoms with E-state index in [0.29, 0.717) is 30.6 Å². The number of pyridine rings is 1. The van der Waals surface area contributed by atoms with Crippen LogP contribution in [0.1, 0.15) is 67.7 Å². The molecule has 3 heterocycles. The Morgan fingerprint density at radius 1 is 1.18 bits per heavy atom. The summed E-state index contributed by atoms with van der Waals surface area (Å²) in [6, 6.07) is 7.61. The molecule has 2 aromatic rings. The van der Waals surface area contributed by atoms with Gasteiger partial charge in [0.15, 0.2) is 6.20 Å². The van der Waals surface area contributed by atoms with Crippen molar-refractivity contribution in [2.24, 2.45) is 0 Å². The fourth-order valence-corrected chi connectivity index (χ4v) is 5.97. The number of hydrogen-bond acceptors (Lipinski definition) is 3. The molecule has 4 nitrogen and oxygen atoms in total. The fourth-order valence-electron chi connectivity index (χ4n) is 5.97. The number of carbonyl (C=O) groups is 1. The van der Waals surface area contributed by atoms with E-state index >= 15 is 4.39 Å². The van der Waals surface area contributed by atoms with Gasteiger partial charge in [0, 0.05) is 47.3 Å². The van der Waals surface area contributed by atoms with Gasteiger partial charge in [0.25, 0.3) is 5.69 Å². The Morgan fingerprint density at radius 3 is 2.67 bits per heavy atom. The fraction of sp³-hybridized carbons (Fsp3) is 0.407. The quantitative estimate of drug-likeness (QED) is 0.435. The summed E-state index contributed by atoms with van der Waals surface area (Å²) in [5, 5.41) is 0. The van der Waals surface area contributed by atoms with Crippen molar-refractivity contribution in [3.05, 3.63) is 89.4 Å². The van der Waals surface area contributed by atoms with E-state index in [1.54, 1.807) is 12.1 Å². The van der Waals surface area contributed by atoms with Crippen LogP contribution in [-0.2, 0) is 16.7 Å². The number of rotatable bonds is 6. The highest BCUT2D eigenvalue weighted by atomic mass is 19.1. The van der Waals surface area contributed by atoms with Crippen molar-refractivity contribution in [1.29, 1.82) is 0 Å². The first kappa shape index (κ1) is 23.1. The lowest BCUT2D eigenvalue weighted by Crippen LogP contribution is -2.64. The Labute approximate surface area is 194 Å². The first-order chi connectivity index (χ1) is 15.8. The lowest BCUT2D eigenvalue weighted by Gasteiger charge is -2.61. The maximum absolute atomic E-state index is 15.3. The summed E-state index contributed by atoms with van der Waals surface area (Å²) in [7, 11) is 1.36. The zero-order valence-electron chi connectivity index (χ0n) is 19.6. The monoisotopic (exact) mass is 453 g/mol. The Morgan fingerprint density at radius 2 is 1.97 bits per heavy atom. The Hall–Kier alpha value is -3.02. The minimum atomic E-state index is -0.561. The highest BCUT2D eigenvalue weighted by molar-refractivity contribution is 5.85. The second kappa shape index (κ2) is 8.73. The topological polar surface area (TPSA) is 33.4 Å². The summed E-state index contributed by atoms with van der Waals surface area (Å²) in [6.07, 6.45) is 11.8. The van der Waals surface area contributed by atoms with Crippen molar-refractivity contribution in [2.75, 3.05) is 7.11 Å². The number of ether oxygens (including phenoxy) is 1. The summed E-state index contributed by atoms with van der Waals surface area (Å²) in [6.45, 7) is 6.91. The van der Waals surface area contributed by atoms with Crippen molar-refractivity contribution in [3.63, 3.8) is 0 Å². The van der Waals surface area contributed by atoms with Crippen LogP contribution in [0.2, 0.25) is 0 Å². The molecule has 0 radical (unpaired) electrons. The SMILES string of the molecule is CCC1(CC[n+]2ccccc2C(=O)OC)c2cc(F)cc(F)c2C2C=CC=CN2C1(C)CC. The molecule has 0 saturated carbocycles. The van der Waals surface area contributed by atoms with Crippen molar-refractivity contribution in [1.82, 2.24) is 4.90 Å². The minimum absolute atomic E-state index is 0.287. The zero-order valence-corrected chi connectivity index (χ0v) is 19.6. The summed E-state index contributed by atoms with van der Waals surface area (Å²) in [4.78, 5) is 14.6. The number of hydrogen-bond donors (Lipinski definition) is 0. The third kappa shape index (κ3) is 3.47. The van der Waals surface area contributed by atoms with Gasteiger partial charge in [-0.15, -0.1) is 0 Å². The van der Waals surface area contributed by atoms with E-state index in [0.717, 1.165) is 18.1 Å². The molecular formula is C27H31F2N2O2+. The molecule has 2 aliphatic rings. The number of methoxy groups -OCH3 is 1. The maximum Gasteiger partial charge on any atom is 0.403 e. The van der Waals surface area contributed by atoms with Crippen LogP contribution >= 0.6 is 0 Å². The minimum Gasteiger partial charge on any atom is -0.461 e. The molecule has 0 N–H and O–H groups in total. The van der Waals surface area contributed by atoms with Crippen LogP contribution in [0, 0.1) is 11.6 Å². The van der Waals surface area contributed by atoms with Crippen LogP contribution in [0.15, 0.2) is 61.0 Å². The molecule has 0 aliphatic carbocycles. The molecule has 0 spiro atoms. The molecule has 6 heteroatoms. The number of aryl methyl sites for hydroxylation is 1. The van der Waals surface area contributed by atoms with E-state index < -0.39 is 28.6 Å².